The minimum atomic E-state index is -0.0320. The maximum atomic E-state index is 13.5. The number of amidine groups is 1. The van der Waals surface area contributed by atoms with Gasteiger partial charge in [0.15, 0.2) is 16.7 Å². The van der Waals surface area contributed by atoms with Gasteiger partial charge in [0, 0.05) is 6.04 Å². The number of methoxy groups -OCH3 is 1. The minimum Gasteiger partial charge on any atom is -0.493 e. The smallest absolute Gasteiger partial charge is 0.266 e. The van der Waals surface area contributed by atoms with Crippen molar-refractivity contribution in [1.82, 2.24) is 4.90 Å². The molecule has 0 aromatic heterocycles. The molecule has 1 aliphatic heterocycles. The van der Waals surface area contributed by atoms with Crippen molar-refractivity contribution < 1.29 is 14.3 Å². The van der Waals surface area contributed by atoms with Crippen LogP contribution < -0.4 is 9.47 Å². The highest BCUT2D eigenvalue weighted by atomic mass is 32.2. The van der Waals surface area contributed by atoms with Crippen LogP contribution >= 0.6 is 11.8 Å². The SMILES string of the molecule is CC[C@H](C)N1C(=O)/C(=C\c2ccc(OCc3cccc4ccccc34)c(OC)c2)SC1=Nc1ccc(C)cc1. The first-order chi connectivity index (χ1) is 19.0. The van der Waals surface area contributed by atoms with Gasteiger partial charge in [-0.1, -0.05) is 73.2 Å². The topological polar surface area (TPSA) is 51.1 Å². The van der Waals surface area contributed by atoms with E-state index in [4.69, 9.17) is 14.5 Å². The van der Waals surface area contributed by atoms with Gasteiger partial charge in [-0.3, -0.25) is 9.69 Å². The van der Waals surface area contributed by atoms with E-state index in [0.717, 1.165) is 23.2 Å². The maximum absolute atomic E-state index is 13.5. The second-order valence-corrected chi connectivity index (χ2v) is 10.6. The fourth-order valence-electron chi connectivity index (χ4n) is 4.48. The number of hydrogen-bond acceptors (Lipinski definition) is 5. The zero-order chi connectivity index (χ0) is 27.4. The van der Waals surface area contributed by atoms with Gasteiger partial charge in [0.2, 0.25) is 0 Å². The molecule has 1 heterocycles. The molecule has 1 fully saturated rings. The van der Waals surface area contributed by atoms with Gasteiger partial charge >= 0.3 is 0 Å². The van der Waals surface area contributed by atoms with E-state index in [-0.39, 0.29) is 11.9 Å². The number of benzene rings is 4. The van der Waals surface area contributed by atoms with Crippen molar-refractivity contribution in [2.24, 2.45) is 4.99 Å². The molecule has 4 aromatic rings. The van der Waals surface area contributed by atoms with E-state index in [9.17, 15) is 4.79 Å². The third kappa shape index (κ3) is 5.86. The number of ether oxygens (including phenoxy) is 2. The molecule has 4 aromatic carbocycles. The van der Waals surface area contributed by atoms with Crippen molar-refractivity contribution in [3.63, 3.8) is 0 Å². The van der Waals surface area contributed by atoms with Gasteiger partial charge < -0.3 is 9.47 Å². The van der Waals surface area contributed by atoms with Gasteiger partial charge in [0.25, 0.3) is 5.91 Å². The summed E-state index contributed by atoms with van der Waals surface area (Å²) in [5.41, 5.74) is 3.98. The monoisotopic (exact) mass is 536 g/mol. The van der Waals surface area contributed by atoms with Crippen LogP contribution in [0, 0.1) is 6.92 Å². The van der Waals surface area contributed by atoms with Crippen LogP contribution in [0.3, 0.4) is 0 Å². The summed E-state index contributed by atoms with van der Waals surface area (Å²) in [6.45, 7) is 6.60. The summed E-state index contributed by atoms with van der Waals surface area (Å²) in [5.74, 6) is 1.24. The summed E-state index contributed by atoms with van der Waals surface area (Å²) >= 11 is 1.41. The first-order valence-electron chi connectivity index (χ1n) is 13.1. The van der Waals surface area contributed by atoms with E-state index < -0.39 is 0 Å². The number of fused-ring (bicyclic) bond motifs is 1. The van der Waals surface area contributed by atoms with Crippen molar-refractivity contribution in [3.8, 4) is 11.5 Å². The summed E-state index contributed by atoms with van der Waals surface area (Å²) in [5, 5.41) is 3.06. The van der Waals surface area contributed by atoms with E-state index in [1.807, 2.05) is 73.7 Å². The molecule has 1 amide bonds. The van der Waals surface area contributed by atoms with Crippen molar-refractivity contribution in [3.05, 3.63) is 107 Å². The third-order valence-corrected chi connectivity index (χ3v) is 7.86. The van der Waals surface area contributed by atoms with Crippen LogP contribution in [-0.2, 0) is 11.4 Å². The van der Waals surface area contributed by atoms with Gasteiger partial charge in [0.1, 0.15) is 6.61 Å². The van der Waals surface area contributed by atoms with Crippen LogP contribution in [0.2, 0.25) is 0 Å². The summed E-state index contributed by atoms with van der Waals surface area (Å²) in [6, 6.07) is 28.3. The molecular formula is C33H32N2O3S. The molecule has 0 radical (unpaired) electrons. The fraction of sp³-hybridized carbons (Fsp3) is 0.212. The normalized spacial score (nSPS) is 16.3. The van der Waals surface area contributed by atoms with Crippen LogP contribution in [0.25, 0.3) is 16.8 Å². The zero-order valence-corrected chi connectivity index (χ0v) is 23.5. The van der Waals surface area contributed by atoms with E-state index in [1.165, 1.54) is 28.1 Å². The Balaban J connectivity index is 1.39. The number of rotatable bonds is 8. The molecule has 1 atom stereocenters. The number of amides is 1. The molecule has 0 aliphatic carbocycles. The Morgan fingerprint density at radius 1 is 0.974 bits per heavy atom. The first-order valence-corrected chi connectivity index (χ1v) is 13.9. The predicted octanol–water partition coefficient (Wildman–Crippen LogP) is 8.14. The van der Waals surface area contributed by atoms with Crippen LogP contribution in [0.1, 0.15) is 37.0 Å². The van der Waals surface area contributed by atoms with Crippen LogP contribution in [0.4, 0.5) is 5.69 Å². The number of carbonyl (C=O) groups is 1. The van der Waals surface area contributed by atoms with Crippen molar-refractivity contribution in [2.45, 2.75) is 39.8 Å². The van der Waals surface area contributed by atoms with Gasteiger partial charge in [0.05, 0.1) is 17.7 Å². The second kappa shape index (κ2) is 11.8. The highest BCUT2D eigenvalue weighted by molar-refractivity contribution is 8.18. The Morgan fingerprint density at radius 3 is 2.51 bits per heavy atom. The lowest BCUT2D eigenvalue weighted by atomic mass is 10.1. The standard InChI is InChI=1S/C33H32N2O3S/c1-5-23(3)35-32(36)31(39-33(35)34-27-16-13-22(2)14-17-27)20-24-15-18-29(30(19-24)37-4)38-21-26-11-8-10-25-9-6-7-12-28(25)26/h6-20,23H,5,21H2,1-4H3/b31-20+,34-33?/t23-/m0/s1. The highest BCUT2D eigenvalue weighted by Gasteiger charge is 2.36. The zero-order valence-electron chi connectivity index (χ0n) is 22.7. The third-order valence-electron chi connectivity index (χ3n) is 6.88. The lowest BCUT2D eigenvalue weighted by molar-refractivity contribution is -0.123. The Hall–Kier alpha value is -4.03. The molecule has 5 nitrogen and oxygen atoms in total. The molecule has 0 unspecified atom stereocenters. The number of aryl methyl sites for hydroxylation is 1. The van der Waals surface area contributed by atoms with E-state index in [0.29, 0.717) is 28.2 Å². The molecule has 1 saturated heterocycles. The average molecular weight is 537 g/mol. The molecule has 0 bridgehead atoms. The Bertz CT molecular complexity index is 1550. The van der Waals surface area contributed by atoms with Crippen LogP contribution in [0.15, 0.2) is 94.8 Å². The number of hydrogen-bond donors (Lipinski definition) is 0. The van der Waals surface area contributed by atoms with Crippen molar-refractivity contribution in [1.29, 1.82) is 0 Å². The Morgan fingerprint density at radius 2 is 1.74 bits per heavy atom. The first kappa shape index (κ1) is 26.6. The Kier molecular flexibility index (Phi) is 8.03. The van der Waals surface area contributed by atoms with Crippen molar-refractivity contribution >= 4 is 45.4 Å². The van der Waals surface area contributed by atoms with Crippen molar-refractivity contribution in [2.75, 3.05) is 7.11 Å². The number of thioether (sulfide) groups is 1. The lowest BCUT2D eigenvalue weighted by Crippen LogP contribution is -2.36. The van der Waals surface area contributed by atoms with Crippen LogP contribution in [-0.4, -0.2) is 29.1 Å². The molecular weight excluding hydrogens is 504 g/mol. The molecule has 5 rings (SSSR count). The summed E-state index contributed by atoms with van der Waals surface area (Å²) in [7, 11) is 1.63. The maximum Gasteiger partial charge on any atom is 0.266 e. The van der Waals surface area contributed by atoms with E-state index in [1.54, 1.807) is 12.0 Å². The highest BCUT2D eigenvalue weighted by Crippen LogP contribution is 2.37. The van der Waals surface area contributed by atoms with Crippen LogP contribution in [0.5, 0.6) is 11.5 Å². The molecule has 6 heteroatoms. The average Bonchev–Trinajstić information content (AvgIpc) is 3.26. The molecule has 1 aliphatic rings. The molecule has 0 saturated carbocycles. The summed E-state index contributed by atoms with van der Waals surface area (Å²) in [4.78, 5) is 20.7. The second-order valence-electron chi connectivity index (χ2n) is 9.61. The lowest BCUT2D eigenvalue weighted by Gasteiger charge is -2.22. The van der Waals surface area contributed by atoms with E-state index >= 15 is 0 Å². The van der Waals surface area contributed by atoms with Gasteiger partial charge in [-0.05, 0) is 84.3 Å². The largest absolute Gasteiger partial charge is 0.493 e. The number of nitrogens with zero attached hydrogens (tertiary/aromatic N) is 2. The van der Waals surface area contributed by atoms with Gasteiger partial charge in [-0.2, -0.15) is 0 Å². The molecule has 0 spiro atoms. The summed E-state index contributed by atoms with van der Waals surface area (Å²) in [6.07, 6.45) is 2.74. The predicted molar refractivity (Wildman–Crippen MR) is 162 cm³/mol. The molecule has 39 heavy (non-hydrogen) atoms. The van der Waals surface area contributed by atoms with Gasteiger partial charge in [-0.15, -0.1) is 0 Å². The summed E-state index contributed by atoms with van der Waals surface area (Å²) < 4.78 is 11.8. The molecule has 0 N–H and O–H groups in total. The minimum absolute atomic E-state index is 0.0320. The molecule has 198 valence electrons. The fourth-order valence-corrected chi connectivity index (χ4v) is 5.57. The Labute approximate surface area is 234 Å². The number of carbonyl (C=O) groups excluding carboxylic acids is 1. The number of aliphatic imine (C=N–C) groups is 1. The quantitative estimate of drug-likeness (QED) is 0.213. The van der Waals surface area contributed by atoms with E-state index in [2.05, 4.69) is 38.1 Å². The van der Waals surface area contributed by atoms with Gasteiger partial charge in [-0.25, -0.2) is 4.99 Å².